The van der Waals surface area contributed by atoms with E-state index in [0.717, 1.165) is 7.11 Å². The Balaban J connectivity index is 3.08. The van der Waals surface area contributed by atoms with Gasteiger partial charge in [-0.3, -0.25) is 10.1 Å². The molecule has 0 saturated carbocycles. The quantitative estimate of drug-likeness (QED) is 0.451. The first-order valence-corrected chi connectivity index (χ1v) is 4.47. The number of nitrogens with zero attached hydrogens (tertiary/aromatic N) is 2. The van der Waals surface area contributed by atoms with Gasteiger partial charge < -0.3 is 9.47 Å². The molecule has 1 rings (SSSR count). The molecule has 0 aliphatic heterocycles. The zero-order chi connectivity index (χ0) is 12.8. The predicted molar refractivity (Wildman–Crippen MR) is 54.9 cm³/mol. The zero-order valence-electron chi connectivity index (χ0n) is 8.82. The molecule has 1 atom stereocenters. The van der Waals surface area contributed by atoms with Crippen LogP contribution in [0.1, 0.15) is 11.7 Å². The van der Waals surface area contributed by atoms with Gasteiger partial charge in [0.25, 0.3) is 5.69 Å². The molecule has 0 heterocycles. The maximum atomic E-state index is 10.9. The number of nitro benzene ring substituents is 1. The zero-order valence-corrected chi connectivity index (χ0v) is 8.82. The van der Waals surface area contributed by atoms with Gasteiger partial charge in [-0.25, -0.2) is 4.79 Å². The van der Waals surface area contributed by atoms with Gasteiger partial charge in [-0.15, -0.1) is 0 Å². The van der Waals surface area contributed by atoms with E-state index in [-0.39, 0.29) is 11.3 Å². The van der Waals surface area contributed by atoms with Crippen LogP contribution >= 0.6 is 0 Å². The van der Waals surface area contributed by atoms with Gasteiger partial charge in [0.05, 0.1) is 17.6 Å². The largest absolute Gasteiger partial charge is 0.509 e. The lowest BCUT2D eigenvalue weighted by molar-refractivity contribution is -0.386. The minimum absolute atomic E-state index is 0.00500. The molecule has 0 aliphatic carbocycles. The number of rotatable bonds is 3. The fourth-order valence-corrected chi connectivity index (χ4v) is 1.18. The first-order valence-electron chi connectivity index (χ1n) is 4.47. The topological polar surface area (TPSA) is 102 Å². The van der Waals surface area contributed by atoms with E-state index >= 15 is 0 Å². The van der Waals surface area contributed by atoms with E-state index in [1.54, 1.807) is 6.07 Å². The van der Waals surface area contributed by atoms with Crippen molar-refractivity contribution in [1.82, 2.24) is 0 Å². The second kappa shape index (κ2) is 5.46. The van der Waals surface area contributed by atoms with E-state index in [0.29, 0.717) is 0 Å². The van der Waals surface area contributed by atoms with Gasteiger partial charge in [-0.05, 0) is 6.07 Å². The molecule has 88 valence electrons. The summed E-state index contributed by atoms with van der Waals surface area (Å²) in [5, 5.41) is 19.5. The van der Waals surface area contributed by atoms with Crippen molar-refractivity contribution < 1.29 is 19.2 Å². The van der Waals surface area contributed by atoms with E-state index in [1.165, 1.54) is 24.3 Å². The van der Waals surface area contributed by atoms with E-state index in [1.807, 2.05) is 0 Å². The summed E-state index contributed by atoms with van der Waals surface area (Å²) in [7, 11) is 1.08. The Morgan fingerprint density at radius 1 is 1.53 bits per heavy atom. The van der Waals surface area contributed by atoms with E-state index in [9.17, 15) is 14.9 Å². The van der Waals surface area contributed by atoms with Crippen molar-refractivity contribution >= 4 is 11.8 Å². The number of hydrogen-bond acceptors (Lipinski definition) is 6. The molecule has 0 saturated heterocycles. The Bertz CT molecular complexity index is 480. The molecule has 0 radical (unpaired) electrons. The highest BCUT2D eigenvalue weighted by Gasteiger charge is 2.24. The molecule has 1 aromatic rings. The standard InChI is InChI=1S/C10H8N2O5/c1-16-10(13)17-9(6-11)7-4-2-3-5-8(7)12(14)15/h2-5,9H,1H3. The molecule has 17 heavy (non-hydrogen) atoms. The Hall–Kier alpha value is -2.62. The van der Waals surface area contributed by atoms with Crippen LogP contribution in [-0.4, -0.2) is 18.2 Å². The number of hydrogen-bond donors (Lipinski definition) is 0. The Labute approximate surface area is 96.3 Å². The number of para-hydroxylation sites is 1. The predicted octanol–water partition coefficient (Wildman–Crippen LogP) is 1.94. The highest BCUT2D eigenvalue weighted by atomic mass is 16.7. The van der Waals surface area contributed by atoms with Crippen molar-refractivity contribution in [2.24, 2.45) is 0 Å². The smallest absolute Gasteiger partial charge is 0.438 e. The van der Waals surface area contributed by atoms with Crippen LogP contribution in [0.3, 0.4) is 0 Å². The van der Waals surface area contributed by atoms with Gasteiger partial charge in [0, 0.05) is 6.07 Å². The van der Waals surface area contributed by atoms with Gasteiger partial charge >= 0.3 is 6.16 Å². The van der Waals surface area contributed by atoms with E-state index in [4.69, 9.17) is 5.26 Å². The molecule has 7 nitrogen and oxygen atoms in total. The normalized spacial score (nSPS) is 11.1. The van der Waals surface area contributed by atoms with Crippen molar-refractivity contribution in [2.45, 2.75) is 6.10 Å². The van der Waals surface area contributed by atoms with Crippen molar-refractivity contribution in [3.05, 3.63) is 39.9 Å². The Kier molecular flexibility index (Phi) is 4.00. The van der Waals surface area contributed by atoms with E-state index in [2.05, 4.69) is 9.47 Å². The van der Waals surface area contributed by atoms with Crippen LogP contribution < -0.4 is 0 Å². The molecule has 0 amide bonds. The molecular weight excluding hydrogens is 228 g/mol. The van der Waals surface area contributed by atoms with Crippen LogP contribution in [0.15, 0.2) is 24.3 Å². The molecular formula is C10H8N2O5. The lowest BCUT2D eigenvalue weighted by Crippen LogP contribution is -2.11. The SMILES string of the molecule is COC(=O)OC(C#N)c1ccccc1[N+](=O)[O-]. The molecule has 0 bridgehead atoms. The summed E-state index contributed by atoms with van der Waals surface area (Å²) in [5.74, 6) is 0. The van der Waals surface area contributed by atoms with Crippen LogP contribution in [0.25, 0.3) is 0 Å². The highest BCUT2D eigenvalue weighted by Crippen LogP contribution is 2.27. The summed E-state index contributed by atoms with van der Waals surface area (Å²) in [6, 6.07) is 7.18. The summed E-state index contributed by atoms with van der Waals surface area (Å²) in [5.41, 5.74) is -0.284. The number of benzene rings is 1. The molecule has 1 aromatic carbocycles. The molecule has 0 N–H and O–H groups in total. The maximum Gasteiger partial charge on any atom is 0.509 e. The number of nitriles is 1. The summed E-state index contributed by atoms with van der Waals surface area (Å²) in [4.78, 5) is 20.9. The third-order valence-electron chi connectivity index (χ3n) is 1.91. The fraction of sp³-hybridized carbons (Fsp3) is 0.200. The monoisotopic (exact) mass is 236 g/mol. The number of carbonyl (C=O) groups excluding carboxylic acids is 1. The van der Waals surface area contributed by atoms with Gasteiger partial charge in [0.15, 0.2) is 0 Å². The van der Waals surface area contributed by atoms with Crippen LogP contribution in [0, 0.1) is 21.4 Å². The third-order valence-corrected chi connectivity index (χ3v) is 1.91. The molecule has 7 heteroatoms. The van der Waals surface area contributed by atoms with Crippen molar-refractivity contribution in [3.8, 4) is 6.07 Å². The summed E-state index contributed by atoms with van der Waals surface area (Å²) in [6.07, 6.45) is -2.45. The summed E-state index contributed by atoms with van der Waals surface area (Å²) < 4.78 is 8.82. The number of methoxy groups -OCH3 is 1. The van der Waals surface area contributed by atoms with Crippen LogP contribution in [0.4, 0.5) is 10.5 Å². The molecule has 0 aliphatic rings. The van der Waals surface area contributed by atoms with Crippen molar-refractivity contribution in [2.75, 3.05) is 7.11 Å². The summed E-state index contributed by atoms with van der Waals surface area (Å²) in [6.45, 7) is 0. The van der Waals surface area contributed by atoms with Crippen molar-refractivity contribution in [3.63, 3.8) is 0 Å². The first kappa shape index (κ1) is 12.4. The molecule has 0 spiro atoms. The maximum absolute atomic E-state index is 10.9. The van der Waals surface area contributed by atoms with Gasteiger partial charge in [-0.1, -0.05) is 12.1 Å². The second-order valence-electron chi connectivity index (χ2n) is 2.90. The number of carbonyl (C=O) groups is 1. The Morgan fingerprint density at radius 3 is 2.71 bits per heavy atom. The number of nitro groups is 1. The van der Waals surface area contributed by atoms with Crippen LogP contribution in [0.5, 0.6) is 0 Å². The van der Waals surface area contributed by atoms with Crippen LogP contribution in [0.2, 0.25) is 0 Å². The summed E-state index contributed by atoms with van der Waals surface area (Å²) >= 11 is 0. The lowest BCUT2D eigenvalue weighted by Gasteiger charge is -2.09. The average Bonchev–Trinajstić information content (AvgIpc) is 2.35. The molecule has 0 aromatic heterocycles. The van der Waals surface area contributed by atoms with Gasteiger partial charge in [0.2, 0.25) is 6.10 Å². The lowest BCUT2D eigenvalue weighted by atomic mass is 10.1. The third kappa shape index (κ3) is 2.92. The number of ether oxygens (including phenoxy) is 2. The fourth-order valence-electron chi connectivity index (χ4n) is 1.18. The first-order chi connectivity index (χ1) is 8.10. The van der Waals surface area contributed by atoms with Gasteiger partial charge in [0.1, 0.15) is 6.07 Å². The highest BCUT2D eigenvalue weighted by molar-refractivity contribution is 5.61. The van der Waals surface area contributed by atoms with Gasteiger partial charge in [-0.2, -0.15) is 5.26 Å². The molecule has 0 fully saturated rings. The average molecular weight is 236 g/mol. The molecule has 1 unspecified atom stereocenters. The Morgan fingerprint density at radius 2 is 2.18 bits per heavy atom. The van der Waals surface area contributed by atoms with Crippen LogP contribution in [-0.2, 0) is 9.47 Å². The second-order valence-corrected chi connectivity index (χ2v) is 2.90. The van der Waals surface area contributed by atoms with Crippen molar-refractivity contribution in [1.29, 1.82) is 5.26 Å². The minimum Gasteiger partial charge on any atom is -0.438 e. The minimum atomic E-state index is -1.37. The van der Waals surface area contributed by atoms with E-state index < -0.39 is 17.2 Å².